The number of alkyl halides is 3. The molecule has 1 rings (SSSR count). The number of rotatable bonds is 16. The molecule has 33 heavy (non-hydrogen) atoms. The molecule has 0 aliphatic heterocycles. The van der Waals surface area contributed by atoms with Gasteiger partial charge in [0.25, 0.3) is 5.91 Å². The number of halogens is 4. The van der Waals surface area contributed by atoms with Crippen LogP contribution < -0.4 is 5.32 Å². The Morgan fingerprint density at radius 1 is 0.909 bits per heavy atom. The number of carbonyl (C=O) groups excluding carboxylic acids is 2. The number of hydrogen-bond donors (Lipinski definition) is 1. The Kier molecular flexibility index (Phi) is 13.7. The molecular weight excluding hydrogens is 438 g/mol. The average molecular weight is 476 g/mol. The third-order valence-electron chi connectivity index (χ3n) is 5.48. The summed E-state index contributed by atoms with van der Waals surface area (Å²) in [5.41, 5.74) is -2.14. The minimum Gasteiger partial charge on any atom is -0.464 e. The standard InChI is InChI=1S/C25H37F4NO3/c1-3-4-5-6-7-8-9-10-11-12-13-14-17-33-24(32)19(2)30-23(31)21-16-15-20(26)18-22(21)25(27,28)29/h15-16,18-19H,3-14,17H2,1-2H3,(H,30,31). The fourth-order valence-corrected chi connectivity index (χ4v) is 3.52. The first-order valence-electron chi connectivity index (χ1n) is 12.0. The van der Waals surface area contributed by atoms with Crippen molar-refractivity contribution in [1.29, 1.82) is 0 Å². The predicted octanol–water partition coefficient (Wildman–Crippen LogP) is 7.21. The van der Waals surface area contributed by atoms with Gasteiger partial charge in [-0.3, -0.25) is 4.79 Å². The van der Waals surface area contributed by atoms with Crippen molar-refractivity contribution >= 4 is 11.9 Å². The zero-order chi connectivity index (χ0) is 24.7. The van der Waals surface area contributed by atoms with Crippen molar-refractivity contribution in [1.82, 2.24) is 5.32 Å². The molecule has 1 N–H and O–H groups in total. The number of esters is 1. The summed E-state index contributed by atoms with van der Waals surface area (Å²) in [7, 11) is 0. The zero-order valence-corrected chi connectivity index (χ0v) is 19.7. The van der Waals surface area contributed by atoms with Crippen LogP contribution in [-0.2, 0) is 15.7 Å². The molecule has 1 amide bonds. The lowest BCUT2D eigenvalue weighted by Gasteiger charge is -2.16. The first-order valence-corrected chi connectivity index (χ1v) is 12.0. The van der Waals surface area contributed by atoms with Gasteiger partial charge in [-0.25, -0.2) is 9.18 Å². The highest BCUT2D eigenvalue weighted by atomic mass is 19.4. The topological polar surface area (TPSA) is 55.4 Å². The Hall–Kier alpha value is -2.12. The second kappa shape index (κ2) is 15.7. The number of carbonyl (C=O) groups is 2. The maximum absolute atomic E-state index is 13.2. The van der Waals surface area contributed by atoms with Gasteiger partial charge in [-0.05, 0) is 31.5 Å². The summed E-state index contributed by atoms with van der Waals surface area (Å²) in [6.07, 6.45) is 9.23. The van der Waals surface area contributed by atoms with Crippen LogP contribution in [0.4, 0.5) is 17.6 Å². The lowest BCUT2D eigenvalue weighted by atomic mass is 10.1. The highest BCUT2D eigenvalue weighted by Crippen LogP contribution is 2.32. The van der Waals surface area contributed by atoms with Gasteiger partial charge in [-0.15, -0.1) is 0 Å². The molecule has 0 aliphatic carbocycles. The molecule has 188 valence electrons. The molecule has 0 heterocycles. The zero-order valence-electron chi connectivity index (χ0n) is 19.7. The van der Waals surface area contributed by atoms with Gasteiger partial charge in [-0.1, -0.05) is 77.6 Å². The molecule has 0 radical (unpaired) electrons. The van der Waals surface area contributed by atoms with Crippen molar-refractivity contribution in [2.75, 3.05) is 6.61 Å². The summed E-state index contributed by atoms with van der Waals surface area (Å²) < 4.78 is 57.5. The van der Waals surface area contributed by atoms with Crippen molar-refractivity contribution < 1.29 is 31.9 Å². The van der Waals surface area contributed by atoms with E-state index in [4.69, 9.17) is 4.74 Å². The normalized spacial score (nSPS) is 12.4. The first-order chi connectivity index (χ1) is 15.7. The smallest absolute Gasteiger partial charge is 0.417 e. The van der Waals surface area contributed by atoms with Gasteiger partial charge in [0.2, 0.25) is 0 Å². The Morgan fingerprint density at radius 2 is 1.42 bits per heavy atom. The lowest BCUT2D eigenvalue weighted by Crippen LogP contribution is -2.40. The average Bonchev–Trinajstić information content (AvgIpc) is 2.76. The summed E-state index contributed by atoms with van der Waals surface area (Å²) in [5, 5.41) is 2.19. The van der Waals surface area contributed by atoms with E-state index in [1.165, 1.54) is 58.3 Å². The largest absolute Gasteiger partial charge is 0.464 e. The van der Waals surface area contributed by atoms with Crippen LogP contribution in [0.25, 0.3) is 0 Å². The van der Waals surface area contributed by atoms with Gasteiger partial charge >= 0.3 is 12.1 Å². The third-order valence-corrected chi connectivity index (χ3v) is 5.48. The van der Waals surface area contributed by atoms with Crippen LogP contribution in [-0.4, -0.2) is 24.5 Å². The van der Waals surface area contributed by atoms with Crippen molar-refractivity contribution in [3.8, 4) is 0 Å². The number of unbranched alkanes of at least 4 members (excludes halogenated alkanes) is 11. The molecule has 0 aliphatic rings. The Labute approximate surface area is 194 Å². The fraction of sp³-hybridized carbons (Fsp3) is 0.680. The molecule has 1 aromatic rings. The third kappa shape index (κ3) is 12.1. The molecule has 0 fully saturated rings. The summed E-state index contributed by atoms with van der Waals surface area (Å²) in [6.45, 7) is 3.74. The molecule has 1 unspecified atom stereocenters. The minimum absolute atomic E-state index is 0.195. The summed E-state index contributed by atoms with van der Waals surface area (Å²) in [4.78, 5) is 24.2. The minimum atomic E-state index is -4.90. The second-order valence-electron chi connectivity index (χ2n) is 8.44. The highest BCUT2D eigenvalue weighted by molar-refractivity contribution is 5.98. The van der Waals surface area contributed by atoms with Gasteiger partial charge in [0, 0.05) is 0 Å². The van der Waals surface area contributed by atoms with Gasteiger partial charge in [0.1, 0.15) is 11.9 Å². The van der Waals surface area contributed by atoms with Crippen LogP contribution in [0.2, 0.25) is 0 Å². The van der Waals surface area contributed by atoms with Crippen LogP contribution in [0.1, 0.15) is 107 Å². The SMILES string of the molecule is CCCCCCCCCCCCCCOC(=O)C(C)NC(=O)c1ccc(F)cc1C(F)(F)F. The molecule has 1 atom stereocenters. The quantitative estimate of drug-likeness (QED) is 0.156. The van der Waals surface area contributed by atoms with E-state index in [9.17, 15) is 27.2 Å². The molecule has 0 spiro atoms. The van der Waals surface area contributed by atoms with E-state index < -0.39 is 41.0 Å². The first kappa shape index (κ1) is 28.9. The van der Waals surface area contributed by atoms with E-state index in [0.29, 0.717) is 6.42 Å². The van der Waals surface area contributed by atoms with Gasteiger partial charge in [-0.2, -0.15) is 13.2 Å². The summed E-state index contributed by atoms with van der Waals surface area (Å²) in [5.74, 6) is -2.94. The van der Waals surface area contributed by atoms with Crippen molar-refractivity contribution in [2.24, 2.45) is 0 Å². The number of benzene rings is 1. The lowest BCUT2D eigenvalue weighted by molar-refractivity contribution is -0.145. The molecule has 0 saturated heterocycles. The van der Waals surface area contributed by atoms with Crippen molar-refractivity contribution in [3.63, 3.8) is 0 Å². The molecule has 0 bridgehead atoms. The van der Waals surface area contributed by atoms with E-state index in [1.54, 1.807) is 0 Å². The highest BCUT2D eigenvalue weighted by Gasteiger charge is 2.36. The van der Waals surface area contributed by atoms with E-state index in [2.05, 4.69) is 12.2 Å². The van der Waals surface area contributed by atoms with Gasteiger partial charge < -0.3 is 10.1 Å². The van der Waals surface area contributed by atoms with Gasteiger partial charge in [0.15, 0.2) is 0 Å². The van der Waals surface area contributed by atoms with Crippen molar-refractivity contribution in [2.45, 2.75) is 103 Å². The molecule has 1 aromatic carbocycles. The molecule has 4 nitrogen and oxygen atoms in total. The Balaban J connectivity index is 2.21. The molecule has 0 aromatic heterocycles. The van der Waals surface area contributed by atoms with Gasteiger partial charge in [0.05, 0.1) is 17.7 Å². The van der Waals surface area contributed by atoms with Crippen molar-refractivity contribution in [3.05, 3.63) is 35.1 Å². The predicted molar refractivity (Wildman–Crippen MR) is 120 cm³/mol. The van der Waals surface area contributed by atoms with E-state index in [0.717, 1.165) is 31.4 Å². The number of hydrogen-bond acceptors (Lipinski definition) is 3. The van der Waals surface area contributed by atoms with E-state index in [-0.39, 0.29) is 12.7 Å². The fourth-order valence-electron chi connectivity index (χ4n) is 3.52. The van der Waals surface area contributed by atoms with Crippen LogP contribution in [0.15, 0.2) is 18.2 Å². The molecule has 8 heteroatoms. The van der Waals surface area contributed by atoms with E-state index in [1.807, 2.05) is 0 Å². The Bertz CT molecular complexity index is 722. The maximum atomic E-state index is 13.2. The van der Waals surface area contributed by atoms with E-state index >= 15 is 0 Å². The molecule has 0 saturated carbocycles. The summed E-state index contributed by atoms with van der Waals surface area (Å²) >= 11 is 0. The second-order valence-corrected chi connectivity index (χ2v) is 8.44. The summed E-state index contributed by atoms with van der Waals surface area (Å²) in [6, 6.07) is 0.644. The monoisotopic (exact) mass is 475 g/mol. The van der Waals surface area contributed by atoms with Crippen LogP contribution >= 0.6 is 0 Å². The maximum Gasteiger partial charge on any atom is 0.417 e. The van der Waals surface area contributed by atoms with Crippen LogP contribution in [0.3, 0.4) is 0 Å². The molecular formula is C25H37F4NO3. The number of ether oxygens (including phenoxy) is 1. The van der Waals surface area contributed by atoms with Crippen LogP contribution in [0, 0.1) is 5.82 Å². The van der Waals surface area contributed by atoms with Crippen LogP contribution in [0.5, 0.6) is 0 Å². The number of nitrogens with one attached hydrogen (secondary N) is 1. The Morgan fingerprint density at radius 3 is 1.94 bits per heavy atom. The number of amides is 1.